The number of sulfonamides is 1. The molecule has 0 bridgehead atoms. The third-order valence-corrected chi connectivity index (χ3v) is 6.17. The Hall–Kier alpha value is -1.64. The normalized spacial score (nSPS) is 18.5. The van der Waals surface area contributed by atoms with Gasteiger partial charge in [-0.25, -0.2) is 13.2 Å². The van der Waals surface area contributed by atoms with E-state index in [1.807, 2.05) is 25.9 Å². The van der Waals surface area contributed by atoms with E-state index in [0.717, 1.165) is 12.8 Å². The fourth-order valence-corrected chi connectivity index (χ4v) is 4.30. The predicted octanol–water partition coefficient (Wildman–Crippen LogP) is 1.59. The molecule has 140 valence electrons. The van der Waals surface area contributed by atoms with Crippen molar-refractivity contribution in [1.82, 2.24) is 9.21 Å². The van der Waals surface area contributed by atoms with Crippen LogP contribution in [0.5, 0.6) is 5.75 Å². The molecule has 1 fully saturated rings. The quantitative estimate of drug-likeness (QED) is 0.679. The maximum absolute atomic E-state index is 12.9. The lowest BCUT2D eigenvalue weighted by molar-refractivity contribution is 0.0595. The summed E-state index contributed by atoms with van der Waals surface area (Å²) >= 11 is 0. The maximum Gasteiger partial charge on any atom is 0.341 e. The van der Waals surface area contributed by atoms with Crippen LogP contribution in [-0.2, 0) is 14.8 Å². The van der Waals surface area contributed by atoms with Crippen LogP contribution in [0.2, 0.25) is 0 Å². The van der Waals surface area contributed by atoms with Gasteiger partial charge in [-0.1, -0.05) is 6.92 Å². The van der Waals surface area contributed by atoms with Crippen molar-refractivity contribution in [3.63, 3.8) is 0 Å². The SMILES string of the molecule is CCCOc1ccc(S(=O)(=O)N2CCC(N(C)C)C2)cc1C(=O)OC. The molecule has 0 aliphatic carbocycles. The van der Waals surface area contributed by atoms with Gasteiger partial charge in [0.2, 0.25) is 10.0 Å². The van der Waals surface area contributed by atoms with Crippen molar-refractivity contribution in [3.05, 3.63) is 23.8 Å². The van der Waals surface area contributed by atoms with Gasteiger partial charge in [0.15, 0.2) is 0 Å². The Morgan fingerprint density at radius 3 is 2.64 bits per heavy atom. The van der Waals surface area contributed by atoms with Gasteiger partial charge in [0.25, 0.3) is 0 Å². The molecule has 0 radical (unpaired) electrons. The third-order valence-electron chi connectivity index (χ3n) is 4.31. The molecule has 0 spiro atoms. The standard InChI is InChI=1S/C17H26N2O5S/c1-5-10-24-16-7-6-14(11-15(16)17(20)23-4)25(21,22)19-9-8-13(12-19)18(2)3/h6-7,11,13H,5,8-10,12H2,1-4H3. The molecule has 0 N–H and O–H groups in total. The Morgan fingerprint density at radius 1 is 1.36 bits per heavy atom. The van der Waals surface area contributed by atoms with Crippen LogP contribution in [0.4, 0.5) is 0 Å². The lowest BCUT2D eigenvalue weighted by atomic mass is 10.2. The van der Waals surface area contributed by atoms with Crippen LogP contribution < -0.4 is 4.74 Å². The number of carbonyl (C=O) groups excluding carboxylic acids is 1. The van der Waals surface area contributed by atoms with Crippen LogP contribution in [0.1, 0.15) is 30.1 Å². The van der Waals surface area contributed by atoms with Crippen molar-refractivity contribution < 1.29 is 22.7 Å². The average Bonchev–Trinajstić information content (AvgIpc) is 3.10. The summed E-state index contributed by atoms with van der Waals surface area (Å²) in [6.45, 7) is 3.29. The number of esters is 1. The second-order valence-corrected chi connectivity index (χ2v) is 8.21. The van der Waals surface area contributed by atoms with Gasteiger partial charge in [0, 0.05) is 19.1 Å². The van der Waals surface area contributed by atoms with E-state index in [-0.39, 0.29) is 16.5 Å². The summed E-state index contributed by atoms with van der Waals surface area (Å²) in [5.41, 5.74) is 0.125. The zero-order chi connectivity index (χ0) is 18.6. The minimum absolute atomic E-state index is 0.0798. The molecule has 7 nitrogen and oxygen atoms in total. The summed E-state index contributed by atoms with van der Waals surface area (Å²) in [6, 6.07) is 4.54. The van der Waals surface area contributed by atoms with Crippen LogP contribution in [0, 0.1) is 0 Å². The Labute approximate surface area is 149 Å². The second kappa shape index (κ2) is 8.16. The number of methoxy groups -OCH3 is 1. The first-order valence-corrected chi connectivity index (χ1v) is 9.77. The topological polar surface area (TPSA) is 76.2 Å². The van der Waals surface area contributed by atoms with E-state index < -0.39 is 16.0 Å². The highest BCUT2D eigenvalue weighted by molar-refractivity contribution is 7.89. The van der Waals surface area contributed by atoms with Crippen molar-refractivity contribution in [2.45, 2.75) is 30.7 Å². The second-order valence-electron chi connectivity index (χ2n) is 6.27. The molecule has 1 heterocycles. The molecule has 1 saturated heterocycles. The Morgan fingerprint density at radius 2 is 2.08 bits per heavy atom. The number of hydrogen-bond acceptors (Lipinski definition) is 6. The van der Waals surface area contributed by atoms with Gasteiger partial charge >= 0.3 is 5.97 Å². The molecule has 1 aromatic carbocycles. The van der Waals surface area contributed by atoms with Crippen molar-refractivity contribution in [3.8, 4) is 5.75 Å². The number of ether oxygens (including phenoxy) is 2. The lowest BCUT2D eigenvalue weighted by Crippen LogP contribution is -2.34. The summed E-state index contributed by atoms with van der Waals surface area (Å²) in [4.78, 5) is 14.1. The number of nitrogens with zero attached hydrogens (tertiary/aromatic N) is 2. The van der Waals surface area contributed by atoms with E-state index in [1.165, 1.54) is 29.6 Å². The van der Waals surface area contributed by atoms with Gasteiger partial charge in [-0.15, -0.1) is 0 Å². The number of rotatable bonds is 7. The van der Waals surface area contributed by atoms with Crippen LogP contribution >= 0.6 is 0 Å². The highest BCUT2D eigenvalue weighted by Gasteiger charge is 2.34. The van der Waals surface area contributed by atoms with Gasteiger partial charge in [-0.3, -0.25) is 0 Å². The number of hydrogen-bond donors (Lipinski definition) is 0. The Kier molecular flexibility index (Phi) is 6.42. The largest absolute Gasteiger partial charge is 0.493 e. The molecule has 1 atom stereocenters. The summed E-state index contributed by atoms with van der Waals surface area (Å²) in [7, 11) is 1.48. The average molecular weight is 370 g/mol. The van der Waals surface area contributed by atoms with Crippen molar-refractivity contribution in [1.29, 1.82) is 0 Å². The van der Waals surface area contributed by atoms with Gasteiger partial charge in [0.1, 0.15) is 11.3 Å². The van der Waals surface area contributed by atoms with E-state index in [2.05, 4.69) is 0 Å². The van der Waals surface area contributed by atoms with Crippen molar-refractivity contribution >= 4 is 16.0 Å². The molecule has 1 aliphatic rings. The number of carbonyl (C=O) groups is 1. The summed E-state index contributed by atoms with van der Waals surface area (Å²) in [5.74, 6) is -0.281. The molecule has 0 saturated carbocycles. The first-order valence-electron chi connectivity index (χ1n) is 8.33. The minimum atomic E-state index is -3.66. The van der Waals surface area contributed by atoms with Crippen LogP contribution in [-0.4, -0.2) is 70.5 Å². The van der Waals surface area contributed by atoms with Crippen LogP contribution in [0.3, 0.4) is 0 Å². The molecular formula is C17H26N2O5S. The minimum Gasteiger partial charge on any atom is -0.493 e. The molecular weight excluding hydrogens is 344 g/mol. The molecule has 25 heavy (non-hydrogen) atoms. The monoisotopic (exact) mass is 370 g/mol. The fourth-order valence-electron chi connectivity index (χ4n) is 2.78. The van der Waals surface area contributed by atoms with Gasteiger partial charge in [-0.05, 0) is 45.1 Å². The number of benzene rings is 1. The van der Waals surface area contributed by atoms with Gasteiger partial charge < -0.3 is 14.4 Å². The van der Waals surface area contributed by atoms with E-state index >= 15 is 0 Å². The molecule has 1 aromatic rings. The van der Waals surface area contributed by atoms with Crippen LogP contribution in [0.15, 0.2) is 23.1 Å². The van der Waals surface area contributed by atoms with E-state index in [1.54, 1.807) is 0 Å². The van der Waals surface area contributed by atoms with Crippen LogP contribution in [0.25, 0.3) is 0 Å². The Balaban J connectivity index is 2.33. The highest BCUT2D eigenvalue weighted by atomic mass is 32.2. The maximum atomic E-state index is 12.9. The Bertz CT molecular complexity index is 718. The zero-order valence-electron chi connectivity index (χ0n) is 15.2. The smallest absolute Gasteiger partial charge is 0.341 e. The first-order chi connectivity index (χ1) is 11.8. The van der Waals surface area contributed by atoms with Crippen molar-refractivity contribution in [2.24, 2.45) is 0 Å². The van der Waals surface area contributed by atoms with E-state index in [9.17, 15) is 13.2 Å². The summed E-state index contributed by atoms with van der Waals surface area (Å²) in [5, 5.41) is 0. The highest BCUT2D eigenvalue weighted by Crippen LogP contribution is 2.28. The number of likely N-dealkylation sites (N-methyl/N-ethyl adjacent to an activating group) is 1. The van der Waals surface area contributed by atoms with E-state index in [4.69, 9.17) is 9.47 Å². The fraction of sp³-hybridized carbons (Fsp3) is 0.588. The molecule has 8 heteroatoms. The van der Waals surface area contributed by atoms with Crippen molar-refractivity contribution in [2.75, 3.05) is 40.9 Å². The predicted molar refractivity (Wildman–Crippen MR) is 94.4 cm³/mol. The summed E-state index contributed by atoms with van der Waals surface area (Å²) in [6.07, 6.45) is 1.56. The molecule has 2 rings (SSSR count). The first kappa shape index (κ1) is 19.7. The van der Waals surface area contributed by atoms with Gasteiger partial charge in [-0.2, -0.15) is 4.31 Å². The lowest BCUT2D eigenvalue weighted by Gasteiger charge is -2.20. The van der Waals surface area contributed by atoms with E-state index in [0.29, 0.717) is 25.4 Å². The molecule has 1 unspecified atom stereocenters. The zero-order valence-corrected chi connectivity index (χ0v) is 16.0. The molecule has 0 aromatic heterocycles. The summed E-state index contributed by atoms with van der Waals surface area (Å²) < 4.78 is 37.6. The molecule has 1 aliphatic heterocycles. The van der Waals surface area contributed by atoms with Gasteiger partial charge in [0.05, 0.1) is 18.6 Å². The molecule has 0 amide bonds. The third kappa shape index (κ3) is 4.31.